The number of amides is 1. The number of hydrogen-bond donors (Lipinski definition) is 2. The highest BCUT2D eigenvalue weighted by Gasteiger charge is 2.29. The number of carbonyl (C=O) groups excluding carboxylic acids is 1. The molecule has 0 heterocycles. The largest absolute Gasteiger partial charge is 0.481 e. The summed E-state index contributed by atoms with van der Waals surface area (Å²) in [5.41, 5.74) is 5.50. The number of carboxylic acids is 1. The molecule has 0 radical (unpaired) electrons. The molecule has 0 saturated heterocycles. The molecule has 31 heavy (non-hydrogen) atoms. The molecule has 0 spiro atoms. The van der Waals surface area contributed by atoms with Crippen LogP contribution < -0.4 is 5.32 Å². The number of benzene rings is 3. The lowest BCUT2D eigenvalue weighted by atomic mass is 9.98. The monoisotopic (exact) mass is 419 g/mol. The van der Waals surface area contributed by atoms with Crippen molar-refractivity contribution in [3.05, 3.63) is 94.8 Å². The number of halogens is 1. The number of ether oxygens (including phenoxy) is 1. The SMILES string of the molecule is Cc1ccc(F)cc1C(CC(=O)O)NC(=O)OCC1c2ccccc2-c2ccccc21. The van der Waals surface area contributed by atoms with E-state index < -0.39 is 23.9 Å². The molecule has 4 rings (SSSR count). The molecule has 2 N–H and O–H groups in total. The predicted molar refractivity (Wildman–Crippen MR) is 114 cm³/mol. The first-order chi connectivity index (χ1) is 14.9. The zero-order valence-electron chi connectivity index (χ0n) is 17.0. The third-order valence-corrected chi connectivity index (χ3v) is 5.63. The van der Waals surface area contributed by atoms with E-state index in [1.807, 2.05) is 48.5 Å². The van der Waals surface area contributed by atoms with Gasteiger partial charge in [-0.3, -0.25) is 4.79 Å². The van der Waals surface area contributed by atoms with Crippen LogP contribution in [0.5, 0.6) is 0 Å². The number of alkyl carbamates (subject to hydrolysis) is 1. The highest BCUT2D eigenvalue weighted by Crippen LogP contribution is 2.44. The van der Waals surface area contributed by atoms with E-state index in [-0.39, 0.29) is 18.9 Å². The van der Waals surface area contributed by atoms with Gasteiger partial charge in [0.05, 0.1) is 12.5 Å². The molecule has 1 aliphatic carbocycles. The molecule has 0 bridgehead atoms. The van der Waals surface area contributed by atoms with Gasteiger partial charge in [0.25, 0.3) is 0 Å². The summed E-state index contributed by atoms with van der Waals surface area (Å²) in [6.45, 7) is 1.85. The number of aliphatic carboxylic acids is 1. The van der Waals surface area contributed by atoms with Crippen LogP contribution in [0.2, 0.25) is 0 Å². The van der Waals surface area contributed by atoms with Gasteiger partial charge in [0.2, 0.25) is 0 Å². The van der Waals surface area contributed by atoms with Gasteiger partial charge < -0.3 is 15.2 Å². The molecule has 6 heteroatoms. The van der Waals surface area contributed by atoms with Crippen molar-refractivity contribution < 1.29 is 23.8 Å². The van der Waals surface area contributed by atoms with Crippen molar-refractivity contribution in [2.24, 2.45) is 0 Å². The van der Waals surface area contributed by atoms with Crippen molar-refractivity contribution in [3.8, 4) is 11.1 Å². The van der Waals surface area contributed by atoms with E-state index in [1.54, 1.807) is 13.0 Å². The van der Waals surface area contributed by atoms with E-state index in [2.05, 4.69) is 5.32 Å². The normalized spacial score (nSPS) is 13.2. The fourth-order valence-corrected chi connectivity index (χ4v) is 4.18. The standard InChI is InChI=1S/C25H22FNO4/c1-15-10-11-16(26)12-21(15)23(13-24(28)29)27-25(30)31-14-22-19-8-4-2-6-17(19)18-7-3-5-9-20(18)22/h2-12,22-23H,13-14H2,1H3,(H,27,30)(H,28,29). The molecule has 1 unspecified atom stereocenters. The molecular weight excluding hydrogens is 397 g/mol. The first kappa shape index (κ1) is 20.6. The van der Waals surface area contributed by atoms with Gasteiger partial charge in [0.15, 0.2) is 0 Å². The highest BCUT2D eigenvalue weighted by molar-refractivity contribution is 5.79. The number of rotatable bonds is 6. The maximum atomic E-state index is 13.7. The molecular formula is C25H22FNO4. The van der Waals surface area contributed by atoms with Gasteiger partial charge in [-0.1, -0.05) is 54.6 Å². The summed E-state index contributed by atoms with van der Waals surface area (Å²) in [6.07, 6.45) is -1.12. The van der Waals surface area contributed by atoms with E-state index >= 15 is 0 Å². The molecule has 158 valence electrons. The molecule has 0 aromatic heterocycles. The Hall–Kier alpha value is -3.67. The Bertz CT molecular complexity index is 1100. The number of carboxylic acid groups (broad SMARTS) is 1. The summed E-state index contributed by atoms with van der Waals surface area (Å²) < 4.78 is 19.2. The topological polar surface area (TPSA) is 75.6 Å². The number of hydrogen-bond acceptors (Lipinski definition) is 3. The molecule has 1 amide bonds. The van der Waals surface area contributed by atoms with Gasteiger partial charge >= 0.3 is 12.1 Å². The van der Waals surface area contributed by atoms with Crippen LogP contribution in [0.15, 0.2) is 66.7 Å². The van der Waals surface area contributed by atoms with Crippen molar-refractivity contribution in [1.29, 1.82) is 0 Å². The van der Waals surface area contributed by atoms with E-state index in [4.69, 9.17) is 4.74 Å². The van der Waals surface area contributed by atoms with Crippen LogP contribution in [-0.2, 0) is 9.53 Å². The third kappa shape index (κ3) is 4.28. The average molecular weight is 419 g/mol. The summed E-state index contributed by atoms with van der Waals surface area (Å²) in [6, 6.07) is 19.2. The average Bonchev–Trinajstić information content (AvgIpc) is 3.07. The Morgan fingerprint density at radius 3 is 2.26 bits per heavy atom. The fraction of sp³-hybridized carbons (Fsp3) is 0.200. The van der Waals surface area contributed by atoms with Crippen molar-refractivity contribution in [2.45, 2.75) is 25.3 Å². The van der Waals surface area contributed by atoms with Gasteiger partial charge in [-0.2, -0.15) is 0 Å². The summed E-state index contributed by atoms with van der Waals surface area (Å²) in [7, 11) is 0. The molecule has 3 aromatic rings. The summed E-state index contributed by atoms with van der Waals surface area (Å²) in [5, 5.41) is 11.8. The third-order valence-electron chi connectivity index (χ3n) is 5.63. The molecule has 0 aliphatic heterocycles. The zero-order chi connectivity index (χ0) is 22.0. The zero-order valence-corrected chi connectivity index (χ0v) is 17.0. The summed E-state index contributed by atoms with van der Waals surface area (Å²) in [5.74, 6) is -1.70. The number of nitrogens with one attached hydrogen (secondary N) is 1. The van der Waals surface area contributed by atoms with Gasteiger partial charge in [-0.25, -0.2) is 9.18 Å². The second-order valence-corrected chi connectivity index (χ2v) is 7.62. The second-order valence-electron chi connectivity index (χ2n) is 7.62. The molecule has 3 aromatic carbocycles. The predicted octanol–water partition coefficient (Wildman–Crippen LogP) is 5.19. The van der Waals surface area contributed by atoms with Crippen molar-refractivity contribution in [2.75, 3.05) is 6.61 Å². The lowest BCUT2D eigenvalue weighted by Crippen LogP contribution is -2.32. The Kier molecular flexibility index (Phi) is 5.71. The van der Waals surface area contributed by atoms with E-state index in [9.17, 15) is 19.1 Å². The van der Waals surface area contributed by atoms with E-state index in [1.165, 1.54) is 12.1 Å². The quantitative estimate of drug-likeness (QED) is 0.577. The minimum atomic E-state index is -1.10. The van der Waals surface area contributed by atoms with E-state index in [0.717, 1.165) is 22.3 Å². The maximum absolute atomic E-state index is 13.7. The minimum absolute atomic E-state index is 0.105. The fourth-order valence-electron chi connectivity index (χ4n) is 4.18. The van der Waals surface area contributed by atoms with Gasteiger partial charge in [-0.15, -0.1) is 0 Å². The van der Waals surface area contributed by atoms with Crippen molar-refractivity contribution in [1.82, 2.24) is 5.32 Å². The maximum Gasteiger partial charge on any atom is 0.407 e. The van der Waals surface area contributed by atoms with E-state index in [0.29, 0.717) is 11.1 Å². The Labute approximate surface area is 179 Å². The number of aryl methyl sites for hydroxylation is 1. The van der Waals surface area contributed by atoms with Crippen LogP contribution in [0, 0.1) is 12.7 Å². The molecule has 0 fully saturated rings. The Balaban J connectivity index is 1.50. The summed E-state index contributed by atoms with van der Waals surface area (Å²) in [4.78, 5) is 23.9. The number of fused-ring (bicyclic) bond motifs is 3. The minimum Gasteiger partial charge on any atom is -0.481 e. The lowest BCUT2D eigenvalue weighted by Gasteiger charge is -2.20. The van der Waals surface area contributed by atoms with Crippen LogP contribution in [0.3, 0.4) is 0 Å². The van der Waals surface area contributed by atoms with Crippen LogP contribution in [0.1, 0.15) is 40.6 Å². The first-order valence-corrected chi connectivity index (χ1v) is 10.0. The lowest BCUT2D eigenvalue weighted by molar-refractivity contribution is -0.137. The van der Waals surface area contributed by atoms with Gasteiger partial charge in [0, 0.05) is 5.92 Å². The van der Waals surface area contributed by atoms with Gasteiger partial charge in [0.1, 0.15) is 12.4 Å². The smallest absolute Gasteiger partial charge is 0.407 e. The highest BCUT2D eigenvalue weighted by atomic mass is 19.1. The van der Waals surface area contributed by atoms with Gasteiger partial charge in [-0.05, 0) is 52.4 Å². The Morgan fingerprint density at radius 2 is 1.65 bits per heavy atom. The first-order valence-electron chi connectivity index (χ1n) is 10.0. The van der Waals surface area contributed by atoms with Crippen molar-refractivity contribution >= 4 is 12.1 Å². The molecule has 1 aliphatic rings. The van der Waals surface area contributed by atoms with Crippen LogP contribution in [0.25, 0.3) is 11.1 Å². The van der Waals surface area contributed by atoms with Crippen LogP contribution >= 0.6 is 0 Å². The second kappa shape index (κ2) is 8.60. The van der Waals surface area contributed by atoms with Crippen molar-refractivity contribution in [3.63, 3.8) is 0 Å². The Morgan fingerprint density at radius 1 is 1.03 bits per heavy atom. The number of carbonyl (C=O) groups is 2. The molecule has 5 nitrogen and oxygen atoms in total. The summed E-state index contributed by atoms with van der Waals surface area (Å²) >= 11 is 0. The molecule has 1 atom stereocenters. The van der Waals surface area contributed by atoms with Crippen LogP contribution in [-0.4, -0.2) is 23.8 Å². The molecule has 0 saturated carbocycles. The van der Waals surface area contributed by atoms with Crippen LogP contribution in [0.4, 0.5) is 9.18 Å².